The van der Waals surface area contributed by atoms with E-state index in [0.717, 1.165) is 17.9 Å². The number of hydrogen-bond acceptors (Lipinski definition) is 3. The van der Waals surface area contributed by atoms with Crippen LogP contribution in [0.15, 0.2) is 60.8 Å². The highest BCUT2D eigenvalue weighted by Gasteiger charge is 2.02. The van der Waals surface area contributed by atoms with Crippen molar-refractivity contribution in [2.24, 2.45) is 0 Å². The molecule has 0 spiro atoms. The molecular formula is C17H18N4. The molecule has 0 aliphatic rings. The minimum absolute atomic E-state index is 0.709. The average molecular weight is 278 g/mol. The third-order valence-electron chi connectivity index (χ3n) is 3.28. The summed E-state index contributed by atoms with van der Waals surface area (Å²) in [7, 11) is 0. The summed E-state index contributed by atoms with van der Waals surface area (Å²) in [6, 6.07) is 18.5. The number of rotatable bonds is 5. The molecule has 0 atom stereocenters. The minimum Gasteiger partial charge on any atom is -0.307 e. The lowest BCUT2D eigenvalue weighted by molar-refractivity contribution is 0.662. The van der Waals surface area contributed by atoms with Gasteiger partial charge in [-0.1, -0.05) is 48.0 Å². The molecule has 4 heteroatoms. The maximum atomic E-state index is 4.47. The summed E-state index contributed by atoms with van der Waals surface area (Å²) in [5, 5.41) is 12.1. The summed E-state index contributed by atoms with van der Waals surface area (Å²) in [6.45, 7) is 3.64. The van der Waals surface area contributed by atoms with Crippen molar-refractivity contribution in [1.29, 1.82) is 0 Å². The molecule has 0 saturated heterocycles. The van der Waals surface area contributed by atoms with Gasteiger partial charge in [0.25, 0.3) is 0 Å². The Morgan fingerprint density at radius 3 is 2.48 bits per heavy atom. The Kier molecular flexibility index (Phi) is 4.07. The number of benzene rings is 2. The van der Waals surface area contributed by atoms with Gasteiger partial charge in [-0.2, -0.15) is 15.0 Å². The van der Waals surface area contributed by atoms with E-state index in [9.17, 15) is 0 Å². The monoisotopic (exact) mass is 278 g/mol. The van der Waals surface area contributed by atoms with Gasteiger partial charge < -0.3 is 5.32 Å². The predicted octanol–water partition coefficient (Wildman–Crippen LogP) is 2.87. The molecule has 0 fully saturated rings. The molecule has 21 heavy (non-hydrogen) atoms. The predicted molar refractivity (Wildman–Crippen MR) is 83.1 cm³/mol. The van der Waals surface area contributed by atoms with Crippen LogP contribution >= 0.6 is 0 Å². The molecule has 1 N–H and O–H groups in total. The van der Waals surface area contributed by atoms with Gasteiger partial charge in [-0.05, 0) is 24.6 Å². The Labute approximate surface area is 124 Å². The zero-order chi connectivity index (χ0) is 14.5. The molecule has 0 amide bonds. The Morgan fingerprint density at radius 2 is 1.71 bits per heavy atom. The van der Waals surface area contributed by atoms with Crippen LogP contribution in [0.2, 0.25) is 0 Å². The van der Waals surface area contributed by atoms with Crippen LogP contribution in [0.1, 0.15) is 16.8 Å². The van der Waals surface area contributed by atoms with Crippen LogP contribution in [0.3, 0.4) is 0 Å². The van der Waals surface area contributed by atoms with Gasteiger partial charge >= 0.3 is 0 Å². The summed E-state index contributed by atoms with van der Waals surface area (Å²) in [5.41, 5.74) is 4.47. The standard InChI is InChI=1S/C17H18N4/c1-14-7-9-15(10-8-14)11-18-12-16-13-19-21(20-16)17-5-3-2-4-6-17/h2-10,13,18H,11-12H2,1H3. The molecule has 0 bridgehead atoms. The van der Waals surface area contributed by atoms with Crippen LogP contribution in [0.5, 0.6) is 0 Å². The SMILES string of the molecule is Cc1ccc(CNCc2cnn(-c3ccccc3)n2)cc1. The molecule has 1 heterocycles. The first-order chi connectivity index (χ1) is 10.3. The topological polar surface area (TPSA) is 42.7 Å². The van der Waals surface area contributed by atoms with Gasteiger partial charge in [0, 0.05) is 13.1 Å². The molecule has 0 aliphatic carbocycles. The van der Waals surface area contributed by atoms with Crippen molar-refractivity contribution in [3.63, 3.8) is 0 Å². The van der Waals surface area contributed by atoms with Crippen LogP contribution in [0, 0.1) is 6.92 Å². The Morgan fingerprint density at radius 1 is 0.952 bits per heavy atom. The molecule has 2 aromatic carbocycles. The number of nitrogens with zero attached hydrogens (tertiary/aromatic N) is 3. The minimum atomic E-state index is 0.709. The molecule has 4 nitrogen and oxygen atoms in total. The summed E-state index contributed by atoms with van der Waals surface area (Å²) in [6.07, 6.45) is 1.80. The normalized spacial score (nSPS) is 10.7. The third kappa shape index (κ3) is 3.55. The van der Waals surface area contributed by atoms with Crippen LogP contribution in [0.4, 0.5) is 0 Å². The smallest absolute Gasteiger partial charge is 0.0969 e. The average Bonchev–Trinajstić information content (AvgIpc) is 2.99. The van der Waals surface area contributed by atoms with E-state index >= 15 is 0 Å². The first-order valence-corrected chi connectivity index (χ1v) is 7.04. The van der Waals surface area contributed by atoms with Gasteiger partial charge in [-0.15, -0.1) is 0 Å². The van der Waals surface area contributed by atoms with E-state index < -0.39 is 0 Å². The lowest BCUT2D eigenvalue weighted by Gasteiger charge is -2.03. The first-order valence-electron chi connectivity index (χ1n) is 7.04. The summed E-state index contributed by atoms with van der Waals surface area (Å²) < 4.78 is 0. The van der Waals surface area contributed by atoms with Gasteiger partial charge in [0.1, 0.15) is 0 Å². The van der Waals surface area contributed by atoms with E-state index in [2.05, 4.69) is 46.7 Å². The Hall–Kier alpha value is -2.46. The van der Waals surface area contributed by atoms with Crippen LogP contribution in [-0.2, 0) is 13.1 Å². The number of aromatic nitrogens is 3. The Balaban J connectivity index is 1.57. The fourth-order valence-electron chi connectivity index (χ4n) is 2.10. The van der Waals surface area contributed by atoms with Crippen molar-refractivity contribution in [2.45, 2.75) is 20.0 Å². The number of para-hydroxylation sites is 1. The van der Waals surface area contributed by atoms with E-state index in [-0.39, 0.29) is 0 Å². The molecule has 1 aromatic heterocycles. The number of aryl methyl sites for hydroxylation is 1. The van der Waals surface area contributed by atoms with E-state index in [1.165, 1.54) is 11.1 Å². The summed E-state index contributed by atoms with van der Waals surface area (Å²) >= 11 is 0. The highest BCUT2D eigenvalue weighted by Crippen LogP contribution is 2.05. The summed E-state index contributed by atoms with van der Waals surface area (Å²) in [4.78, 5) is 1.66. The van der Waals surface area contributed by atoms with E-state index in [1.54, 1.807) is 11.0 Å². The van der Waals surface area contributed by atoms with Crippen LogP contribution < -0.4 is 5.32 Å². The zero-order valence-corrected chi connectivity index (χ0v) is 12.0. The Bertz CT molecular complexity index is 686. The molecule has 3 rings (SSSR count). The molecule has 106 valence electrons. The largest absolute Gasteiger partial charge is 0.307 e. The molecular weight excluding hydrogens is 260 g/mol. The molecule has 0 radical (unpaired) electrons. The number of nitrogens with one attached hydrogen (secondary N) is 1. The second-order valence-electron chi connectivity index (χ2n) is 5.05. The van der Waals surface area contributed by atoms with Crippen molar-refractivity contribution < 1.29 is 0 Å². The molecule has 0 aliphatic heterocycles. The first kappa shape index (κ1) is 13.5. The molecule has 3 aromatic rings. The molecule has 0 saturated carbocycles. The van der Waals surface area contributed by atoms with Gasteiger partial charge in [0.05, 0.1) is 17.6 Å². The van der Waals surface area contributed by atoms with Gasteiger partial charge in [0.2, 0.25) is 0 Å². The van der Waals surface area contributed by atoms with Gasteiger partial charge in [-0.25, -0.2) is 0 Å². The van der Waals surface area contributed by atoms with Crippen LogP contribution in [0.25, 0.3) is 5.69 Å². The van der Waals surface area contributed by atoms with Crippen molar-refractivity contribution in [3.8, 4) is 5.69 Å². The van der Waals surface area contributed by atoms with E-state index in [1.807, 2.05) is 30.3 Å². The second kappa shape index (κ2) is 6.33. The van der Waals surface area contributed by atoms with Crippen LogP contribution in [-0.4, -0.2) is 15.0 Å². The maximum absolute atomic E-state index is 4.47. The third-order valence-corrected chi connectivity index (χ3v) is 3.28. The van der Waals surface area contributed by atoms with Crippen molar-refractivity contribution in [2.75, 3.05) is 0 Å². The zero-order valence-electron chi connectivity index (χ0n) is 12.0. The maximum Gasteiger partial charge on any atom is 0.0969 e. The van der Waals surface area contributed by atoms with Crippen molar-refractivity contribution in [3.05, 3.63) is 77.6 Å². The highest BCUT2D eigenvalue weighted by molar-refractivity contribution is 5.28. The van der Waals surface area contributed by atoms with Gasteiger partial charge in [-0.3, -0.25) is 0 Å². The summed E-state index contributed by atoms with van der Waals surface area (Å²) in [5.74, 6) is 0. The van der Waals surface area contributed by atoms with Crippen molar-refractivity contribution >= 4 is 0 Å². The lowest BCUT2D eigenvalue weighted by Crippen LogP contribution is -2.13. The molecule has 0 unspecified atom stereocenters. The number of hydrogen-bond donors (Lipinski definition) is 1. The second-order valence-corrected chi connectivity index (χ2v) is 5.05. The van der Waals surface area contributed by atoms with E-state index in [4.69, 9.17) is 0 Å². The van der Waals surface area contributed by atoms with E-state index in [0.29, 0.717) is 6.54 Å². The fraction of sp³-hybridized carbons (Fsp3) is 0.176. The fourth-order valence-corrected chi connectivity index (χ4v) is 2.10. The highest BCUT2D eigenvalue weighted by atomic mass is 15.5. The van der Waals surface area contributed by atoms with Gasteiger partial charge in [0.15, 0.2) is 0 Å². The van der Waals surface area contributed by atoms with Crippen molar-refractivity contribution in [1.82, 2.24) is 20.3 Å². The lowest BCUT2D eigenvalue weighted by atomic mass is 10.1. The quantitative estimate of drug-likeness (QED) is 0.780.